The first-order valence-electron chi connectivity index (χ1n) is 6.28. The van der Waals surface area contributed by atoms with Gasteiger partial charge in [0.15, 0.2) is 5.58 Å². The number of aromatic nitrogens is 1. The van der Waals surface area contributed by atoms with Gasteiger partial charge in [-0.25, -0.2) is 4.79 Å². The van der Waals surface area contributed by atoms with Crippen molar-refractivity contribution in [2.45, 2.75) is 20.8 Å². The Morgan fingerprint density at radius 3 is 2.60 bits per heavy atom. The highest BCUT2D eigenvalue weighted by atomic mass is 16.6. The minimum absolute atomic E-state index is 0.0149. The van der Waals surface area contributed by atoms with Crippen molar-refractivity contribution in [1.82, 2.24) is 4.98 Å². The molecule has 6 heteroatoms. The zero-order chi connectivity index (χ0) is 14.8. The third-order valence-corrected chi connectivity index (χ3v) is 2.62. The van der Waals surface area contributed by atoms with Crippen molar-refractivity contribution in [3.8, 4) is 0 Å². The fourth-order valence-electron chi connectivity index (χ4n) is 1.52. The van der Waals surface area contributed by atoms with Gasteiger partial charge in [0.05, 0.1) is 17.2 Å². The van der Waals surface area contributed by atoms with E-state index in [2.05, 4.69) is 4.98 Å². The Balaban J connectivity index is 1.78. The van der Waals surface area contributed by atoms with E-state index >= 15 is 0 Å². The number of hydrogen-bond acceptors (Lipinski definition) is 5. The molecule has 0 aliphatic heterocycles. The highest BCUT2D eigenvalue weighted by molar-refractivity contribution is 5.93. The van der Waals surface area contributed by atoms with Crippen molar-refractivity contribution < 1.29 is 23.5 Å². The van der Waals surface area contributed by atoms with Crippen LogP contribution in [0.5, 0.6) is 0 Å². The minimum atomic E-state index is -0.562. The Labute approximate surface area is 116 Å². The van der Waals surface area contributed by atoms with Crippen molar-refractivity contribution in [3.05, 3.63) is 24.1 Å². The molecule has 0 aliphatic rings. The molecule has 2 aromatic heterocycles. The van der Waals surface area contributed by atoms with Gasteiger partial charge in [-0.3, -0.25) is 4.79 Å². The molecule has 0 radical (unpaired) electrons. The Morgan fingerprint density at radius 1 is 1.25 bits per heavy atom. The van der Waals surface area contributed by atoms with Crippen molar-refractivity contribution in [2.24, 2.45) is 5.41 Å². The molecule has 1 N–H and O–H groups in total. The zero-order valence-corrected chi connectivity index (χ0v) is 11.7. The lowest BCUT2D eigenvalue weighted by Crippen LogP contribution is -2.25. The van der Waals surface area contributed by atoms with Gasteiger partial charge in [0, 0.05) is 12.1 Å². The highest BCUT2D eigenvalue weighted by Gasteiger charge is 2.23. The van der Waals surface area contributed by atoms with Gasteiger partial charge in [-0.2, -0.15) is 0 Å². The number of ether oxygens (including phenoxy) is 2. The van der Waals surface area contributed by atoms with E-state index in [-0.39, 0.29) is 19.2 Å². The van der Waals surface area contributed by atoms with E-state index in [0.717, 1.165) is 5.52 Å². The number of fused-ring (bicyclic) bond motifs is 1. The summed E-state index contributed by atoms with van der Waals surface area (Å²) in [5.74, 6) is -0.839. The van der Waals surface area contributed by atoms with Crippen LogP contribution in [0.25, 0.3) is 11.1 Å². The average molecular weight is 279 g/mol. The minimum Gasteiger partial charge on any atom is -0.463 e. The molecule has 0 amide bonds. The number of rotatable bonds is 4. The van der Waals surface area contributed by atoms with E-state index in [9.17, 15) is 9.59 Å². The fraction of sp³-hybridized carbons (Fsp3) is 0.429. The molecule has 0 fully saturated rings. The molecule has 0 atom stereocenters. The number of furan rings is 1. The van der Waals surface area contributed by atoms with Crippen LogP contribution in [0.4, 0.5) is 0 Å². The van der Waals surface area contributed by atoms with Crippen molar-refractivity contribution in [1.29, 1.82) is 0 Å². The van der Waals surface area contributed by atoms with E-state index in [1.54, 1.807) is 32.9 Å². The van der Waals surface area contributed by atoms with E-state index in [0.29, 0.717) is 11.3 Å². The molecule has 20 heavy (non-hydrogen) atoms. The van der Waals surface area contributed by atoms with Crippen LogP contribution in [0.2, 0.25) is 0 Å². The van der Waals surface area contributed by atoms with Crippen molar-refractivity contribution in [2.75, 3.05) is 13.2 Å². The lowest BCUT2D eigenvalue weighted by molar-refractivity contribution is -0.154. The van der Waals surface area contributed by atoms with Crippen LogP contribution in [0.15, 0.2) is 22.8 Å². The van der Waals surface area contributed by atoms with Gasteiger partial charge in [0.1, 0.15) is 18.9 Å². The van der Waals surface area contributed by atoms with Crippen LogP contribution >= 0.6 is 0 Å². The topological polar surface area (TPSA) is 81.5 Å². The second-order valence-corrected chi connectivity index (χ2v) is 5.40. The summed E-state index contributed by atoms with van der Waals surface area (Å²) in [6.07, 6.45) is 1.53. The number of carbonyl (C=O) groups is 2. The Hall–Kier alpha value is -2.24. The number of hydrogen-bond donors (Lipinski definition) is 1. The second-order valence-electron chi connectivity index (χ2n) is 5.40. The number of H-pyrrole nitrogens is 1. The summed E-state index contributed by atoms with van der Waals surface area (Å²) >= 11 is 0. The van der Waals surface area contributed by atoms with Crippen LogP contribution in [-0.4, -0.2) is 30.1 Å². The van der Waals surface area contributed by atoms with E-state index in [1.807, 2.05) is 0 Å². The number of esters is 2. The first kappa shape index (κ1) is 14.2. The first-order chi connectivity index (χ1) is 9.38. The quantitative estimate of drug-likeness (QED) is 0.687. The summed E-state index contributed by atoms with van der Waals surface area (Å²) in [5, 5.41) is 0. The van der Waals surface area contributed by atoms with E-state index in [4.69, 9.17) is 13.9 Å². The van der Waals surface area contributed by atoms with Crippen LogP contribution in [0, 0.1) is 5.41 Å². The smallest absolute Gasteiger partial charge is 0.355 e. The normalized spacial score (nSPS) is 11.6. The Kier molecular flexibility index (Phi) is 3.83. The van der Waals surface area contributed by atoms with Crippen LogP contribution < -0.4 is 0 Å². The molecular formula is C14H17NO5. The maximum atomic E-state index is 11.7. The van der Waals surface area contributed by atoms with Gasteiger partial charge in [0.25, 0.3) is 0 Å². The molecule has 6 nitrogen and oxygen atoms in total. The molecule has 108 valence electrons. The number of nitrogens with one attached hydrogen (secondary N) is 1. The number of carbonyl (C=O) groups excluding carboxylic acids is 2. The van der Waals surface area contributed by atoms with E-state index < -0.39 is 11.4 Å². The van der Waals surface area contributed by atoms with Gasteiger partial charge in [-0.15, -0.1) is 0 Å². The standard InChI is InChI=1S/C14H17NO5/c1-14(2,3)13(17)20-7-6-19-12(16)10-8-11-9(15-10)4-5-18-11/h4-5,8,15H,6-7H2,1-3H3. The lowest BCUT2D eigenvalue weighted by Gasteiger charge is -2.16. The van der Waals surface area contributed by atoms with Crippen LogP contribution in [-0.2, 0) is 14.3 Å². The third kappa shape index (κ3) is 3.20. The zero-order valence-electron chi connectivity index (χ0n) is 11.7. The Morgan fingerprint density at radius 2 is 1.95 bits per heavy atom. The monoisotopic (exact) mass is 279 g/mol. The van der Waals surface area contributed by atoms with Crippen LogP contribution in [0.3, 0.4) is 0 Å². The first-order valence-corrected chi connectivity index (χ1v) is 6.28. The van der Waals surface area contributed by atoms with Gasteiger partial charge in [0.2, 0.25) is 0 Å². The van der Waals surface area contributed by atoms with Gasteiger partial charge in [-0.05, 0) is 20.8 Å². The van der Waals surface area contributed by atoms with Gasteiger partial charge >= 0.3 is 11.9 Å². The molecule has 0 spiro atoms. The van der Waals surface area contributed by atoms with Crippen molar-refractivity contribution >= 4 is 23.0 Å². The predicted octanol–water partition coefficient (Wildman–Crippen LogP) is 2.51. The average Bonchev–Trinajstić information content (AvgIpc) is 2.93. The maximum absolute atomic E-state index is 11.7. The highest BCUT2D eigenvalue weighted by Crippen LogP contribution is 2.17. The molecule has 0 bridgehead atoms. The van der Waals surface area contributed by atoms with E-state index in [1.165, 1.54) is 6.26 Å². The molecular weight excluding hydrogens is 262 g/mol. The molecule has 0 saturated heterocycles. The summed E-state index contributed by atoms with van der Waals surface area (Å²) in [6, 6.07) is 3.29. The molecule has 2 heterocycles. The van der Waals surface area contributed by atoms with Gasteiger partial charge < -0.3 is 18.9 Å². The summed E-state index contributed by atoms with van der Waals surface area (Å²) in [6.45, 7) is 5.33. The SMILES string of the molecule is CC(C)(C)C(=O)OCCOC(=O)c1cc2occc2[nH]1. The van der Waals surface area contributed by atoms with Crippen molar-refractivity contribution in [3.63, 3.8) is 0 Å². The summed E-state index contributed by atoms with van der Waals surface area (Å²) in [4.78, 5) is 26.1. The maximum Gasteiger partial charge on any atom is 0.355 e. The lowest BCUT2D eigenvalue weighted by atomic mass is 9.97. The molecule has 2 aromatic rings. The molecule has 0 aromatic carbocycles. The number of aromatic amines is 1. The molecule has 0 saturated carbocycles. The molecule has 2 rings (SSSR count). The Bertz CT molecular complexity index is 588. The third-order valence-electron chi connectivity index (χ3n) is 2.62. The predicted molar refractivity (Wildman–Crippen MR) is 71.3 cm³/mol. The van der Waals surface area contributed by atoms with Gasteiger partial charge in [-0.1, -0.05) is 0 Å². The fourth-order valence-corrected chi connectivity index (χ4v) is 1.52. The summed E-state index contributed by atoms with van der Waals surface area (Å²) in [7, 11) is 0. The largest absolute Gasteiger partial charge is 0.463 e. The summed E-state index contributed by atoms with van der Waals surface area (Å²) in [5.41, 5.74) is 1.07. The summed E-state index contributed by atoms with van der Waals surface area (Å²) < 4.78 is 15.1. The molecule has 0 unspecified atom stereocenters. The van der Waals surface area contributed by atoms with Crippen LogP contribution in [0.1, 0.15) is 31.3 Å². The second kappa shape index (κ2) is 5.40. The molecule has 0 aliphatic carbocycles.